The van der Waals surface area contributed by atoms with Crippen LogP contribution in [0.15, 0.2) is 206 Å². The third kappa shape index (κ3) is 5.07. The van der Waals surface area contributed by atoms with E-state index in [1.54, 1.807) is 0 Å². The van der Waals surface area contributed by atoms with E-state index in [9.17, 15) is 0 Å². The largest absolute Gasteiger partial charge is 0.488 e. The molecule has 0 amide bonds. The van der Waals surface area contributed by atoms with Gasteiger partial charge in [-0.05, 0) is 111 Å². The Morgan fingerprint density at radius 2 is 0.914 bits per heavy atom. The summed E-state index contributed by atoms with van der Waals surface area (Å²) in [5.74, 6) is 0.925. The molecule has 3 heteroatoms. The van der Waals surface area contributed by atoms with E-state index in [0.29, 0.717) is 6.61 Å². The Bertz CT molecular complexity index is 3390. The second-order valence-electron chi connectivity index (χ2n) is 15.3. The smallest absolute Gasteiger partial charge is 0.129 e. The first kappa shape index (κ1) is 32.6. The molecule has 12 rings (SSSR count). The highest BCUT2D eigenvalue weighted by molar-refractivity contribution is 6.13. The number of fused-ring (bicyclic) bond motifs is 9. The fourth-order valence-electron chi connectivity index (χ4n) is 9.30. The van der Waals surface area contributed by atoms with Crippen LogP contribution in [0, 0.1) is 0 Å². The molecule has 2 aromatic heterocycles. The Morgan fingerprint density at radius 1 is 0.345 bits per heavy atom. The van der Waals surface area contributed by atoms with Crippen molar-refractivity contribution in [3.63, 3.8) is 0 Å². The Hall–Kier alpha value is -7.62. The Balaban J connectivity index is 1.03. The number of aromatic nitrogens is 2. The molecule has 0 saturated heterocycles. The van der Waals surface area contributed by atoms with Crippen LogP contribution < -0.4 is 4.74 Å². The monoisotopic (exact) mass is 740 g/mol. The summed E-state index contributed by atoms with van der Waals surface area (Å²) in [6.07, 6.45) is 0. The van der Waals surface area contributed by atoms with Gasteiger partial charge in [0, 0.05) is 32.8 Å². The number of rotatable bonds is 5. The molecule has 1 aliphatic rings. The highest BCUT2D eigenvalue weighted by atomic mass is 16.5. The first-order valence-electron chi connectivity index (χ1n) is 19.9. The van der Waals surface area contributed by atoms with Crippen LogP contribution in [-0.4, -0.2) is 9.13 Å². The van der Waals surface area contributed by atoms with Crippen LogP contribution in [0.2, 0.25) is 0 Å². The average molecular weight is 741 g/mol. The summed E-state index contributed by atoms with van der Waals surface area (Å²) >= 11 is 0. The molecular weight excluding hydrogens is 705 g/mol. The molecule has 11 aromatic rings. The van der Waals surface area contributed by atoms with E-state index in [1.165, 1.54) is 88.1 Å². The lowest BCUT2D eigenvalue weighted by molar-refractivity contribution is 0.302. The van der Waals surface area contributed by atoms with Gasteiger partial charge in [-0.3, -0.25) is 0 Å². The summed E-state index contributed by atoms with van der Waals surface area (Å²) < 4.78 is 11.2. The van der Waals surface area contributed by atoms with Gasteiger partial charge in [-0.15, -0.1) is 0 Å². The molecule has 0 N–H and O–H groups in total. The standard InChI is InChI=1S/C55H36N2O/c1-3-13-36(14-4-1)37-16-11-17-38(31-37)39-26-29-50-48(32-39)46-28-25-41(34-53(46)56(50)43-18-5-2-6-19-43)40-27-30-51-47(33-40)45-21-9-10-22-49(45)57(51)52-23-12-24-54-55(52)44-20-8-7-15-42(44)35-58-54/h1-34H,35H2. The fraction of sp³-hybridized carbons (Fsp3) is 0.0182. The van der Waals surface area contributed by atoms with Crippen LogP contribution in [0.3, 0.4) is 0 Å². The molecule has 1 aliphatic heterocycles. The number of para-hydroxylation sites is 2. The molecule has 0 saturated carbocycles. The number of hydrogen-bond acceptors (Lipinski definition) is 1. The molecule has 0 spiro atoms. The zero-order valence-corrected chi connectivity index (χ0v) is 31.6. The third-order valence-electron chi connectivity index (χ3n) is 12.0. The predicted molar refractivity (Wildman–Crippen MR) is 241 cm³/mol. The van der Waals surface area contributed by atoms with Crippen molar-refractivity contribution in [2.75, 3.05) is 0 Å². The maximum Gasteiger partial charge on any atom is 0.129 e. The number of benzene rings is 9. The van der Waals surface area contributed by atoms with Crippen molar-refractivity contribution in [1.82, 2.24) is 9.13 Å². The van der Waals surface area contributed by atoms with Crippen LogP contribution in [0.4, 0.5) is 0 Å². The zero-order valence-electron chi connectivity index (χ0n) is 31.6. The molecule has 58 heavy (non-hydrogen) atoms. The van der Waals surface area contributed by atoms with E-state index in [4.69, 9.17) is 4.74 Å². The minimum absolute atomic E-state index is 0.584. The molecule has 0 bridgehead atoms. The third-order valence-corrected chi connectivity index (χ3v) is 12.0. The van der Waals surface area contributed by atoms with Gasteiger partial charge in [0.1, 0.15) is 12.4 Å². The summed E-state index contributed by atoms with van der Waals surface area (Å²) in [4.78, 5) is 0. The lowest BCUT2D eigenvalue weighted by Gasteiger charge is -2.24. The fourth-order valence-corrected chi connectivity index (χ4v) is 9.30. The lowest BCUT2D eigenvalue weighted by atomic mass is 9.95. The second-order valence-corrected chi connectivity index (χ2v) is 15.3. The Labute approximate surface area is 336 Å². The predicted octanol–water partition coefficient (Wildman–Crippen LogP) is 14.4. The van der Waals surface area contributed by atoms with Crippen LogP contribution in [0.25, 0.3) is 99.5 Å². The van der Waals surface area contributed by atoms with Gasteiger partial charge in [0.15, 0.2) is 0 Å². The summed E-state index contributed by atoms with van der Waals surface area (Å²) in [6.45, 7) is 0.584. The first-order valence-corrected chi connectivity index (χ1v) is 19.9. The lowest BCUT2D eigenvalue weighted by Crippen LogP contribution is -2.08. The van der Waals surface area contributed by atoms with E-state index in [1.807, 2.05) is 0 Å². The van der Waals surface area contributed by atoms with E-state index < -0.39 is 0 Å². The van der Waals surface area contributed by atoms with E-state index in [-0.39, 0.29) is 0 Å². The second kappa shape index (κ2) is 13.0. The molecule has 0 atom stereocenters. The molecule has 272 valence electrons. The van der Waals surface area contributed by atoms with Gasteiger partial charge in [-0.1, -0.05) is 140 Å². The summed E-state index contributed by atoms with van der Waals surface area (Å²) in [5, 5.41) is 4.92. The van der Waals surface area contributed by atoms with Crippen LogP contribution in [0.1, 0.15) is 5.56 Å². The number of ether oxygens (including phenoxy) is 1. The first-order chi connectivity index (χ1) is 28.8. The maximum absolute atomic E-state index is 6.32. The Kier molecular flexibility index (Phi) is 7.29. The highest BCUT2D eigenvalue weighted by Crippen LogP contribution is 2.45. The van der Waals surface area contributed by atoms with Gasteiger partial charge < -0.3 is 13.9 Å². The van der Waals surface area contributed by atoms with Gasteiger partial charge in [-0.25, -0.2) is 0 Å². The number of hydrogen-bond donors (Lipinski definition) is 0. The van der Waals surface area contributed by atoms with Gasteiger partial charge in [-0.2, -0.15) is 0 Å². The molecule has 9 aromatic carbocycles. The molecule has 0 unspecified atom stereocenters. The minimum atomic E-state index is 0.584. The van der Waals surface area contributed by atoms with Crippen molar-refractivity contribution < 1.29 is 4.74 Å². The van der Waals surface area contributed by atoms with E-state index in [2.05, 4.69) is 215 Å². The molecule has 0 fully saturated rings. The molecular formula is C55H36N2O. The van der Waals surface area contributed by atoms with Crippen molar-refractivity contribution in [2.45, 2.75) is 6.61 Å². The van der Waals surface area contributed by atoms with Gasteiger partial charge in [0.2, 0.25) is 0 Å². The van der Waals surface area contributed by atoms with Gasteiger partial charge in [0.05, 0.1) is 27.8 Å². The quantitative estimate of drug-likeness (QED) is 0.172. The Morgan fingerprint density at radius 3 is 1.72 bits per heavy atom. The summed E-state index contributed by atoms with van der Waals surface area (Å²) in [5.41, 5.74) is 17.8. The summed E-state index contributed by atoms with van der Waals surface area (Å²) in [7, 11) is 0. The van der Waals surface area contributed by atoms with Crippen molar-refractivity contribution in [3.8, 4) is 61.6 Å². The maximum atomic E-state index is 6.32. The van der Waals surface area contributed by atoms with Crippen molar-refractivity contribution in [2.24, 2.45) is 0 Å². The zero-order chi connectivity index (χ0) is 38.2. The van der Waals surface area contributed by atoms with Crippen LogP contribution >= 0.6 is 0 Å². The molecule has 0 aliphatic carbocycles. The van der Waals surface area contributed by atoms with E-state index in [0.717, 1.165) is 22.7 Å². The molecule has 3 heterocycles. The normalized spacial score (nSPS) is 12.2. The van der Waals surface area contributed by atoms with Crippen molar-refractivity contribution in [1.29, 1.82) is 0 Å². The SMILES string of the molecule is c1ccc(-c2cccc(-c3ccc4c(c3)c3ccc(-c5ccc6c(c5)c5ccccc5n6-c5cccc6c5-c5ccccc5CO6)cc3n4-c3ccccc3)c2)cc1. The average Bonchev–Trinajstić information content (AvgIpc) is 3.81. The minimum Gasteiger partial charge on any atom is -0.488 e. The van der Waals surface area contributed by atoms with Gasteiger partial charge >= 0.3 is 0 Å². The van der Waals surface area contributed by atoms with Crippen LogP contribution in [0.5, 0.6) is 5.75 Å². The topological polar surface area (TPSA) is 19.1 Å². The highest BCUT2D eigenvalue weighted by Gasteiger charge is 2.24. The molecule has 0 radical (unpaired) electrons. The van der Waals surface area contributed by atoms with Crippen molar-refractivity contribution >= 4 is 43.6 Å². The van der Waals surface area contributed by atoms with E-state index >= 15 is 0 Å². The van der Waals surface area contributed by atoms with Gasteiger partial charge in [0.25, 0.3) is 0 Å². The van der Waals surface area contributed by atoms with Crippen LogP contribution in [-0.2, 0) is 6.61 Å². The molecule has 3 nitrogen and oxygen atoms in total. The summed E-state index contributed by atoms with van der Waals surface area (Å²) in [6, 6.07) is 74.9. The number of nitrogens with zero attached hydrogens (tertiary/aromatic N) is 2. The van der Waals surface area contributed by atoms with Crippen molar-refractivity contribution in [3.05, 3.63) is 212 Å².